The molecule has 0 radical (unpaired) electrons. The van der Waals surface area contributed by atoms with Crippen LogP contribution in [0.4, 0.5) is 0 Å². The fourth-order valence-corrected chi connectivity index (χ4v) is 15.4. The molecule has 1 aliphatic heterocycles. The molecule has 111 heavy (non-hydrogen) atoms. The molecule has 15 nitrogen and oxygen atoms in total. The van der Waals surface area contributed by atoms with E-state index >= 15 is 0 Å². The Morgan fingerprint density at radius 2 is 0.568 bits per heavy atom. The van der Waals surface area contributed by atoms with Crippen LogP contribution in [0.5, 0.6) is 0 Å². The van der Waals surface area contributed by atoms with Crippen LogP contribution in [0.1, 0.15) is 418 Å². The van der Waals surface area contributed by atoms with E-state index in [0.717, 1.165) is 283 Å². The van der Waals surface area contributed by atoms with E-state index in [2.05, 4.69) is 107 Å². The van der Waals surface area contributed by atoms with Crippen LogP contribution in [0, 0.1) is 71.0 Å². The van der Waals surface area contributed by atoms with Crippen molar-refractivity contribution in [1.29, 1.82) is 0 Å². The molecule has 0 bridgehead atoms. The highest BCUT2D eigenvalue weighted by Gasteiger charge is 2.25. The molecule has 0 aliphatic carbocycles. The number of nitrogens with zero attached hydrogens (tertiary/aromatic N) is 2. The number of carbonyl (C=O) groups is 6. The minimum Gasteiger partial charge on any atom is -0.465 e. The number of carbonyl (C=O) groups excluding carboxylic acids is 6. The van der Waals surface area contributed by atoms with Crippen molar-refractivity contribution in [3.63, 3.8) is 0 Å². The summed E-state index contributed by atoms with van der Waals surface area (Å²) >= 11 is 0. The highest BCUT2D eigenvalue weighted by Crippen LogP contribution is 2.31. The average molecular weight is 1570 g/mol. The van der Waals surface area contributed by atoms with Crippen molar-refractivity contribution in [2.45, 2.75) is 430 Å². The second-order valence-electron chi connectivity index (χ2n) is 37.4. The molecular formula is C96H182N2O13. The van der Waals surface area contributed by atoms with E-state index in [0.29, 0.717) is 136 Å². The molecule has 0 N–H and O–H groups in total. The van der Waals surface area contributed by atoms with Gasteiger partial charge in [0.2, 0.25) is 0 Å². The number of morpholine rings is 1. The third-order valence-corrected chi connectivity index (χ3v) is 24.1. The van der Waals surface area contributed by atoms with Gasteiger partial charge >= 0.3 is 35.8 Å². The van der Waals surface area contributed by atoms with E-state index < -0.39 is 0 Å². The highest BCUT2D eigenvalue weighted by molar-refractivity contribution is 5.71. The first kappa shape index (κ1) is 106. The fourth-order valence-electron chi connectivity index (χ4n) is 15.4. The zero-order valence-corrected chi connectivity index (χ0v) is 75.7. The van der Waals surface area contributed by atoms with Gasteiger partial charge in [-0.15, -0.1) is 0 Å². The van der Waals surface area contributed by atoms with Crippen molar-refractivity contribution < 1.29 is 61.9 Å². The van der Waals surface area contributed by atoms with E-state index in [9.17, 15) is 28.8 Å². The van der Waals surface area contributed by atoms with E-state index in [1.807, 2.05) is 14.1 Å². The Kier molecular flexibility index (Phi) is 67.5. The largest absolute Gasteiger partial charge is 0.465 e. The van der Waals surface area contributed by atoms with Crippen LogP contribution < -0.4 is 0 Å². The molecule has 0 aromatic rings. The van der Waals surface area contributed by atoms with Gasteiger partial charge in [-0.05, 0) is 214 Å². The van der Waals surface area contributed by atoms with Crippen LogP contribution in [0.2, 0.25) is 0 Å². The van der Waals surface area contributed by atoms with Crippen LogP contribution in [0.15, 0.2) is 0 Å². The number of hydrogen-bond donors (Lipinski definition) is 0. The summed E-state index contributed by atoms with van der Waals surface area (Å²) in [5.74, 6) is 5.71. The minimum atomic E-state index is -0.0667. The quantitative estimate of drug-likeness (QED) is 0.0319. The summed E-state index contributed by atoms with van der Waals surface area (Å²) in [5.41, 5.74) is 0. The molecule has 8 atom stereocenters. The van der Waals surface area contributed by atoms with Gasteiger partial charge in [0.25, 0.3) is 0 Å². The van der Waals surface area contributed by atoms with Gasteiger partial charge in [0.15, 0.2) is 0 Å². The van der Waals surface area contributed by atoms with Gasteiger partial charge in [0.05, 0.1) is 39.6 Å². The molecule has 0 aromatic heterocycles. The molecule has 0 amide bonds. The first-order valence-electron chi connectivity index (χ1n) is 47.2. The molecule has 1 aliphatic rings. The van der Waals surface area contributed by atoms with Crippen LogP contribution in [-0.4, -0.2) is 138 Å². The van der Waals surface area contributed by atoms with Crippen molar-refractivity contribution in [3.8, 4) is 0 Å². The molecule has 1 heterocycles. The molecule has 0 spiro atoms. The smallest absolute Gasteiger partial charge is 0.306 e. The summed E-state index contributed by atoms with van der Waals surface area (Å²) in [4.78, 5) is 81.5. The first-order valence-corrected chi connectivity index (χ1v) is 47.2. The van der Waals surface area contributed by atoms with Gasteiger partial charge in [0, 0.05) is 51.6 Å². The molecule has 15 heteroatoms. The summed E-state index contributed by atoms with van der Waals surface area (Å²) < 4.78 is 41.1. The van der Waals surface area contributed by atoms with Crippen LogP contribution in [0.3, 0.4) is 0 Å². The Labute approximate surface area is 685 Å². The lowest BCUT2D eigenvalue weighted by Gasteiger charge is -2.26. The summed E-state index contributed by atoms with van der Waals surface area (Å²) in [6, 6.07) is 0. The first-order chi connectivity index (χ1) is 53.2. The Balaban J connectivity index is 2.40. The van der Waals surface area contributed by atoms with Crippen molar-refractivity contribution >= 4 is 35.8 Å². The number of rotatable bonds is 77. The molecule has 8 unspecified atom stereocenters. The maximum Gasteiger partial charge on any atom is 0.306 e. The summed E-state index contributed by atoms with van der Waals surface area (Å²) in [7, 11) is 4.07. The van der Waals surface area contributed by atoms with E-state index in [4.69, 9.17) is 33.2 Å². The standard InChI is InChI=1S/C96H182N2O13/c1-77(2)57-63-85(80(7)8)73-106-91(99)51-41-33-25-17-21-29-37-47-89(110-95(103)55-45-67-97(15)16)48-38-30-22-18-27-35-43-53-93(101)108-75-87(82(11)12)66-61-83(13)60-62-84(14)88(65-59-79(5)6)76-109-94(102)54-44-36-28-20-24-32-40-50-90(111-96(104)56-46-68-98-69-71-105-72-70-98)49-39-31-23-19-26-34-42-52-92(100)107-74-86(81(9)10)64-58-78(3)4/h77-90H,17-76H2,1-16H3. The third-order valence-electron chi connectivity index (χ3n) is 24.1. The van der Waals surface area contributed by atoms with Gasteiger partial charge in [-0.1, -0.05) is 264 Å². The van der Waals surface area contributed by atoms with Gasteiger partial charge in [-0.25, -0.2) is 0 Å². The van der Waals surface area contributed by atoms with Gasteiger partial charge in [-0.2, -0.15) is 0 Å². The van der Waals surface area contributed by atoms with Gasteiger partial charge < -0.3 is 38.1 Å². The van der Waals surface area contributed by atoms with Crippen molar-refractivity contribution in [2.24, 2.45) is 71.0 Å². The average Bonchev–Trinajstić information content (AvgIpc) is 0.911. The molecule has 1 saturated heterocycles. The topological polar surface area (TPSA) is 174 Å². The van der Waals surface area contributed by atoms with E-state index in [-0.39, 0.29) is 48.0 Å². The number of hydrogen-bond acceptors (Lipinski definition) is 15. The molecule has 1 fully saturated rings. The van der Waals surface area contributed by atoms with Crippen molar-refractivity contribution in [1.82, 2.24) is 9.80 Å². The Hall–Kier alpha value is -3.30. The lowest BCUT2D eigenvalue weighted by atomic mass is 9.82. The second-order valence-corrected chi connectivity index (χ2v) is 37.4. The summed E-state index contributed by atoms with van der Waals surface area (Å²) in [5, 5.41) is 0. The maximum absolute atomic E-state index is 13.1. The van der Waals surface area contributed by atoms with Crippen LogP contribution >= 0.6 is 0 Å². The second kappa shape index (κ2) is 70.9. The highest BCUT2D eigenvalue weighted by atomic mass is 16.6. The number of ether oxygens (including phenoxy) is 7. The van der Waals surface area contributed by atoms with Gasteiger partial charge in [-0.3, -0.25) is 33.7 Å². The summed E-state index contributed by atoms with van der Waals surface area (Å²) in [6.45, 7) is 39.0. The monoisotopic (exact) mass is 1570 g/mol. The lowest BCUT2D eigenvalue weighted by Crippen LogP contribution is -2.37. The van der Waals surface area contributed by atoms with E-state index in [1.54, 1.807) is 0 Å². The fraction of sp³-hybridized carbons (Fsp3) is 0.938. The zero-order valence-electron chi connectivity index (χ0n) is 75.7. The number of unbranched alkanes of at least 4 members (excludes halogenated alkanes) is 24. The summed E-state index contributed by atoms with van der Waals surface area (Å²) in [6.07, 6.45) is 49.8. The van der Waals surface area contributed by atoms with Crippen molar-refractivity contribution in [3.05, 3.63) is 0 Å². The normalized spacial score (nSPS) is 15.2. The predicted molar refractivity (Wildman–Crippen MR) is 462 cm³/mol. The zero-order chi connectivity index (χ0) is 82.1. The Bertz CT molecular complexity index is 2210. The van der Waals surface area contributed by atoms with Gasteiger partial charge in [0.1, 0.15) is 12.2 Å². The SMILES string of the molecule is CC(C)CCC(COC(=O)CCCCCCCCCC(CCCCCCCCCC(=O)OCC(CCC(C)CCC(C)C(CCC(C)C)COC(=O)CCCCCCCCCC(CCCCCCCCCC(=O)OCC(CCC(C)C)C(C)C)OC(=O)CCCN1CCOCC1)C(C)C)OC(=O)CCCN(C)C)C(C)C. The van der Waals surface area contributed by atoms with Crippen LogP contribution in [0.25, 0.3) is 0 Å². The molecule has 0 aromatic carbocycles. The third kappa shape index (κ3) is 65.4. The van der Waals surface area contributed by atoms with Crippen molar-refractivity contribution in [2.75, 3.05) is 79.9 Å². The minimum absolute atomic E-state index is 0.0106. The Morgan fingerprint density at radius 1 is 0.297 bits per heavy atom. The molecule has 1 rings (SSSR count). The Morgan fingerprint density at radius 3 is 0.883 bits per heavy atom. The molecule has 654 valence electrons. The predicted octanol–water partition coefficient (Wildman–Crippen LogP) is 25.1. The van der Waals surface area contributed by atoms with Crippen LogP contribution in [-0.2, 0) is 61.9 Å². The number of esters is 6. The maximum atomic E-state index is 13.1. The molecule has 0 saturated carbocycles. The lowest BCUT2D eigenvalue weighted by molar-refractivity contribution is -0.151. The molecular weight excluding hydrogens is 1390 g/mol. The van der Waals surface area contributed by atoms with E-state index in [1.165, 1.54) is 38.5 Å².